The van der Waals surface area contributed by atoms with Gasteiger partial charge in [0.25, 0.3) is 5.56 Å². The Bertz CT molecular complexity index is 558. The molecule has 0 atom stereocenters. The summed E-state index contributed by atoms with van der Waals surface area (Å²) in [5, 5.41) is 9.20. The van der Waals surface area contributed by atoms with Crippen LogP contribution >= 0.6 is 0 Å². The van der Waals surface area contributed by atoms with E-state index in [1.807, 2.05) is 0 Å². The smallest absolute Gasteiger partial charge is 0.337 e. The van der Waals surface area contributed by atoms with E-state index in [1.54, 1.807) is 13.8 Å². The fraction of sp³-hybridized carbons (Fsp3) is 0.600. The van der Waals surface area contributed by atoms with Crippen molar-refractivity contribution in [2.75, 3.05) is 13.2 Å². The van der Waals surface area contributed by atoms with Gasteiger partial charge in [-0.3, -0.25) is 4.79 Å². The molecule has 0 aliphatic heterocycles. The Morgan fingerprint density at radius 3 is 2.75 bits per heavy atom. The van der Waals surface area contributed by atoms with E-state index >= 15 is 0 Å². The lowest BCUT2D eigenvalue weighted by Crippen LogP contribution is -2.26. The van der Waals surface area contributed by atoms with Gasteiger partial charge in [0.1, 0.15) is 0 Å². The maximum atomic E-state index is 11.9. The van der Waals surface area contributed by atoms with Crippen LogP contribution in [0.15, 0.2) is 10.9 Å². The van der Waals surface area contributed by atoms with Crippen molar-refractivity contribution >= 4 is 5.97 Å². The van der Waals surface area contributed by atoms with Crippen LogP contribution in [0, 0.1) is 19.8 Å². The Balaban J connectivity index is 2.00. The number of ether oxygens (including phenoxy) is 1. The third-order valence-electron chi connectivity index (χ3n) is 3.70. The molecule has 5 heteroatoms. The molecule has 1 aromatic heterocycles. The summed E-state index contributed by atoms with van der Waals surface area (Å²) in [6.07, 6.45) is 3.24. The van der Waals surface area contributed by atoms with E-state index in [0.717, 1.165) is 18.9 Å². The summed E-state index contributed by atoms with van der Waals surface area (Å²) in [5.41, 5.74) is 1.11. The van der Waals surface area contributed by atoms with Crippen molar-refractivity contribution in [1.29, 1.82) is 0 Å². The fourth-order valence-corrected chi connectivity index (χ4v) is 2.38. The number of aryl methyl sites for hydroxylation is 1. The summed E-state index contributed by atoms with van der Waals surface area (Å²) in [6.45, 7) is 5.25. The highest BCUT2D eigenvalue weighted by Crippen LogP contribution is 2.28. The highest BCUT2D eigenvalue weighted by Gasteiger charge is 2.21. The zero-order valence-corrected chi connectivity index (χ0v) is 12.0. The molecular weight excluding hydrogens is 258 g/mol. The van der Waals surface area contributed by atoms with E-state index in [9.17, 15) is 14.7 Å². The van der Waals surface area contributed by atoms with Crippen molar-refractivity contribution in [3.05, 3.63) is 33.2 Å². The summed E-state index contributed by atoms with van der Waals surface area (Å²) in [6, 6.07) is 1.39. The molecule has 0 aromatic carbocycles. The van der Waals surface area contributed by atoms with Gasteiger partial charge in [0.15, 0.2) is 0 Å². The zero-order chi connectivity index (χ0) is 14.7. The van der Waals surface area contributed by atoms with Crippen molar-refractivity contribution in [3.63, 3.8) is 0 Å². The molecule has 20 heavy (non-hydrogen) atoms. The SMILES string of the molecule is Cc1cc(=O)n(CCCOCC2CC2)c(C)c1C(=O)O. The second-order valence-corrected chi connectivity index (χ2v) is 5.45. The van der Waals surface area contributed by atoms with Crippen LogP contribution in [0.1, 0.15) is 40.9 Å². The number of hydrogen-bond donors (Lipinski definition) is 1. The van der Waals surface area contributed by atoms with Crippen LogP contribution in [-0.4, -0.2) is 28.9 Å². The molecule has 1 aliphatic carbocycles. The predicted octanol–water partition coefficient (Wildman–Crippen LogP) is 1.98. The lowest BCUT2D eigenvalue weighted by molar-refractivity contribution is 0.0694. The molecule has 1 aliphatic rings. The number of aromatic nitrogens is 1. The highest BCUT2D eigenvalue weighted by molar-refractivity contribution is 5.90. The Morgan fingerprint density at radius 2 is 2.15 bits per heavy atom. The van der Waals surface area contributed by atoms with Crippen molar-refractivity contribution in [2.45, 2.75) is 39.7 Å². The minimum Gasteiger partial charge on any atom is -0.478 e. The van der Waals surface area contributed by atoms with Gasteiger partial charge in [0.2, 0.25) is 0 Å². The average molecular weight is 279 g/mol. The first-order chi connectivity index (χ1) is 9.50. The molecule has 0 spiro atoms. The third-order valence-corrected chi connectivity index (χ3v) is 3.70. The molecule has 0 radical (unpaired) electrons. The maximum absolute atomic E-state index is 11.9. The minimum absolute atomic E-state index is 0.146. The Morgan fingerprint density at radius 1 is 1.45 bits per heavy atom. The number of carboxylic acids is 1. The van der Waals surface area contributed by atoms with Crippen LogP contribution in [0.5, 0.6) is 0 Å². The lowest BCUT2D eigenvalue weighted by atomic mass is 10.1. The fourth-order valence-electron chi connectivity index (χ4n) is 2.38. The molecule has 1 N–H and O–H groups in total. The van der Waals surface area contributed by atoms with Crippen molar-refractivity contribution in [2.24, 2.45) is 5.92 Å². The Labute approximate surface area is 118 Å². The number of carboxylic acid groups (broad SMARTS) is 1. The molecule has 1 fully saturated rings. The summed E-state index contributed by atoms with van der Waals surface area (Å²) >= 11 is 0. The summed E-state index contributed by atoms with van der Waals surface area (Å²) in [4.78, 5) is 23.2. The number of aromatic carboxylic acids is 1. The monoisotopic (exact) mass is 279 g/mol. The summed E-state index contributed by atoms with van der Waals surface area (Å²) in [5.74, 6) is -0.254. The quantitative estimate of drug-likeness (QED) is 0.775. The molecular formula is C15H21NO4. The van der Waals surface area contributed by atoms with Crippen LogP contribution in [0.3, 0.4) is 0 Å². The number of nitrogens with zero attached hydrogens (tertiary/aromatic N) is 1. The number of pyridine rings is 1. The number of carbonyl (C=O) groups is 1. The Kier molecular flexibility index (Phi) is 4.60. The molecule has 1 saturated carbocycles. The lowest BCUT2D eigenvalue weighted by Gasteiger charge is -2.14. The summed E-state index contributed by atoms with van der Waals surface area (Å²) < 4.78 is 7.05. The molecule has 110 valence electrons. The first-order valence-electron chi connectivity index (χ1n) is 7.02. The van der Waals surface area contributed by atoms with Crippen molar-refractivity contribution in [3.8, 4) is 0 Å². The van der Waals surface area contributed by atoms with Gasteiger partial charge in [-0.2, -0.15) is 0 Å². The van der Waals surface area contributed by atoms with Crippen LogP contribution in [0.4, 0.5) is 0 Å². The maximum Gasteiger partial charge on any atom is 0.337 e. The number of hydrogen-bond acceptors (Lipinski definition) is 3. The van der Waals surface area contributed by atoms with E-state index in [4.69, 9.17) is 4.74 Å². The van der Waals surface area contributed by atoms with Crippen molar-refractivity contribution in [1.82, 2.24) is 4.57 Å². The van der Waals surface area contributed by atoms with Gasteiger partial charge in [0.05, 0.1) is 5.56 Å². The molecule has 2 rings (SSSR count). The summed E-state index contributed by atoms with van der Waals surface area (Å²) in [7, 11) is 0. The zero-order valence-electron chi connectivity index (χ0n) is 12.0. The van der Waals surface area contributed by atoms with Gasteiger partial charge in [-0.15, -0.1) is 0 Å². The Hall–Kier alpha value is -1.62. The van der Waals surface area contributed by atoms with E-state index in [-0.39, 0.29) is 11.1 Å². The normalized spacial score (nSPS) is 14.5. The first kappa shape index (κ1) is 14.8. The highest BCUT2D eigenvalue weighted by atomic mass is 16.5. The average Bonchev–Trinajstić information content (AvgIpc) is 3.15. The van der Waals surface area contributed by atoms with Crippen LogP contribution < -0.4 is 5.56 Å². The molecule has 5 nitrogen and oxygen atoms in total. The number of rotatable bonds is 7. The molecule has 0 saturated heterocycles. The van der Waals surface area contributed by atoms with Gasteiger partial charge < -0.3 is 14.4 Å². The van der Waals surface area contributed by atoms with E-state index in [0.29, 0.717) is 24.4 Å². The largest absolute Gasteiger partial charge is 0.478 e. The second-order valence-electron chi connectivity index (χ2n) is 5.45. The standard InChI is InChI=1S/C15H21NO4/c1-10-8-13(17)16(11(2)14(10)15(18)19)6-3-7-20-9-12-4-5-12/h8,12H,3-7,9H2,1-2H3,(H,18,19). The second kappa shape index (κ2) is 6.22. The third kappa shape index (κ3) is 3.48. The van der Waals surface area contributed by atoms with Crippen LogP contribution in [-0.2, 0) is 11.3 Å². The predicted molar refractivity (Wildman–Crippen MR) is 75.3 cm³/mol. The molecule has 0 bridgehead atoms. The molecule has 1 aromatic rings. The van der Waals surface area contributed by atoms with E-state index in [2.05, 4.69) is 0 Å². The molecule has 0 unspecified atom stereocenters. The van der Waals surface area contributed by atoms with Crippen molar-refractivity contribution < 1.29 is 14.6 Å². The molecule has 1 heterocycles. The van der Waals surface area contributed by atoms with Crippen LogP contribution in [0.2, 0.25) is 0 Å². The van der Waals surface area contributed by atoms with Crippen LogP contribution in [0.25, 0.3) is 0 Å². The minimum atomic E-state index is -0.987. The van der Waals surface area contributed by atoms with Gasteiger partial charge in [-0.25, -0.2) is 4.79 Å². The van der Waals surface area contributed by atoms with E-state index < -0.39 is 5.97 Å². The van der Waals surface area contributed by atoms with Gasteiger partial charge in [-0.05, 0) is 44.6 Å². The van der Waals surface area contributed by atoms with Gasteiger partial charge >= 0.3 is 5.97 Å². The van der Waals surface area contributed by atoms with Gasteiger partial charge in [0, 0.05) is 31.5 Å². The molecule has 0 amide bonds. The van der Waals surface area contributed by atoms with E-state index in [1.165, 1.54) is 23.5 Å². The topological polar surface area (TPSA) is 68.5 Å². The van der Waals surface area contributed by atoms with Gasteiger partial charge in [-0.1, -0.05) is 0 Å². The first-order valence-corrected chi connectivity index (χ1v) is 7.02.